The average molecular weight is 554 g/mol. The molecule has 2 aliphatic carbocycles. The molecule has 2 aliphatic rings. The van der Waals surface area contributed by atoms with E-state index in [1.165, 1.54) is 44.2 Å². The Morgan fingerprint density at radius 2 is 1.16 bits per heavy atom. The lowest BCUT2D eigenvalue weighted by atomic mass is 9.82. The van der Waals surface area contributed by atoms with Crippen LogP contribution in [0.15, 0.2) is 115 Å². The monoisotopic (exact) mass is 553 g/mol. The van der Waals surface area contributed by atoms with Gasteiger partial charge in [-0.25, -0.2) is 9.97 Å². The first-order valence-electron chi connectivity index (χ1n) is 15.1. The molecule has 5 aromatic carbocycles. The predicted octanol–water partition coefficient (Wildman–Crippen LogP) is 9.85. The number of fused-ring (bicyclic) bond motifs is 9. The molecule has 0 N–H and O–H groups in total. The smallest absolute Gasteiger partial charge is 0.235 e. The predicted molar refractivity (Wildman–Crippen MR) is 177 cm³/mol. The molecule has 2 aromatic heterocycles. The summed E-state index contributed by atoms with van der Waals surface area (Å²) in [5.74, 6) is 0.718. The number of rotatable bonds is 2. The number of hydrogen-bond acceptors (Lipinski definition) is 2. The summed E-state index contributed by atoms with van der Waals surface area (Å²) in [6.07, 6.45) is 0. The van der Waals surface area contributed by atoms with Crippen molar-refractivity contribution in [3.05, 3.63) is 138 Å². The second-order valence-corrected chi connectivity index (χ2v) is 13.1. The third-order valence-electron chi connectivity index (χ3n) is 9.98. The SMILES string of the molecule is CC1(C)c2ccccc2-c2cc3c(cc21)c1ccccc1n3-c1nc(-c2ccccc2)c2c(n1)C(C)(C)c1ccccc1-2. The first-order chi connectivity index (χ1) is 20.9. The Labute approximate surface area is 251 Å². The molecule has 0 aliphatic heterocycles. The Kier molecular flexibility index (Phi) is 4.74. The summed E-state index contributed by atoms with van der Waals surface area (Å²) in [5, 5.41) is 2.46. The van der Waals surface area contributed by atoms with Crippen molar-refractivity contribution in [1.29, 1.82) is 0 Å². The zero-order chi connectivity index (χ0) is 29.1. The highest BCUT2D eigenvalue weighted by molar-refractivity contribution is 6.11. The van der Waals surface area contributed by atoms with Gasteiger partial charge in [0.05, 0.1) is 22.4 Å². The normalized spacial score (nSPS) is 15.3. The lowest BCUT2D eigenvalue weighted by Crippen LogP contribution is -2.18. The minimum absolute atomic E-state index is 0.0658. The largest absolute Gasteiger partial charge is 0.278 e. The fourth-order valence-corrected chi connectivity index (χ4v) is 7.81. The molecule has 7 aromatic rings. The van der Waals surface area contributed by atoms with Crippen LogP contribution in [0.2, 0.25) is 0 Å². The summed E-state index contributed by atoms with van der Waals surface area (Å²) in [4.78, 5) is 10.9. The Morgan fingerprint density at radius 1 is 0.512 bits per heavy atom. The average Bonchev–Trinajstić information content (AvgIpc) is 3.57. The topological polar surface area (TPSA) is 30.7 Å². The van der Waals surface area contributed by atoms with Gasteiger partial charge in [-0.2, -0.15) is 0 Å². The maximum Gasteiger partial charge on any atom is 0.235 e. The van der Waals surface area contributed by atoms with Crippen molar-refractivity contribution in [1.82, 2.24) is 14.5 Å². The van der Waals surface area contributed by atoms with Gasteiger partial charge in [-0.3, -0.25) is 4.57 Å². The summed E-state index contributed by atoms with van der Waals surface area (Å²) in [6, 6.07) is 41.7. The van der Waals surface area contributed by atoms with E-state index in [4.69, 9.17) is 9.97 Å². The number of benzene rings is 5. The number of para-hydroxylation sites is 1. The second kappa shape index (κ2) is 8.29. The van der Waals surface area contributed by atoms with E-state index < -0.39 is 0 Å². The molecule has 0 saturated heterocycles. The minimum Gasteiger partial charge on any atom is -0.278 e. The third kappa shape index (κ3) is 3.14. The van der Waals surface area contributed by atoms with Crippen molar-refractivity contribution in [2.75, 3.05) is 0 Å². The molecule has 0 bridgehead atoms. The van der Waals surface area contributed by atoms with Crippen molar-refractivity contribution in [2.45, 2.75) is 38.5 Å². The van der Waals surface area contributed by atoms with Gasteiger partial charge in [-0.05, 0) is 51.6 Å². The van der Waals surface area contributed by atoms with Gasteiger partial charge < -0.3 is 0 Å². The maximum atomic E-state index is 5.47. The van der Waals surface area contributed by atoms with Gasteiger partial charge >= 0.3 is 0 Å². The van der Waals surface area contributed by atoms with Crippen LogP contribution >= 0.6 is 0 Å². The fraction of sp³-hybridized carbons (Fsp3) is 0.150. The molecule has 2 heterocycles. The minimum atomic E-state index is -0.254. The molecule has 0 radical (unpaired) electrons. The van der Waals surface area contributed by atoms with Crippen molar-refractivity contribution < 1.29 is 0 Å². The molecule has 3 heteroatoms. The Bertz CT molecular complexity index is 2290. The second-order valence-electron chi connectivity index (χ2n) is 13.1. The van der Waals surface area contributed by atoms with Crippen molar-refractivity contribution >= 4 is 21.8 Å². The van der Waals surface area contributed by atoms with E-state index in [-0.39, 0.29) is 10.8 Å². The molecular formula is C40H31N3. The van der Waals surface area contributed by atoms with Gasteiger partial charge in [0.1, 0.15) is 0 Å². The summed E-state index contributed by atoms with van der Waals surface area (Å²) in [5.41, 5.74) is 14.2. The molecule has 0 unspecified atom stereocenters. The molecule has 206 valence electrons. The van der Waals surface area contributed by atoms with E-state index in [1.54, 1.807) is 0 Å². The van der Waals surface area contributed by atoms with E-state index in [1.807, 2.05) is 0 Å². The Morgan fingerprint density at radius 3 is 1.95 bits per heavy atom. The van der Waals surface area contributed by atoms with E-state index in [2.05, 4.69) is 148 Å². The van der Waals surface area contributed by atoms with Crippen molar-refractivity contribution in [2.24, 2.45) is 0 Å². The summed E-state index contributed by atoms with van der Waals surface area (Å²) < 4.78 is 2.30. The lowest BCUT2D eigenvalue weighted by Gasteiger charge is -2.22. The zero-order valence-electron chi connectivity index (χ0n) is 24.8. The van der Waals surface area contributed by atoms with E-state index in [0.717, 1.165) is 39.5 Å². The first kappa shape index (κ1) is 24.6. The maximum absolute atomic E-state index is 5.47. The van der Waals surface area contributed by atoms with E-state index in [9.17, 15) is 0 Å². The van der Waals surface area contributed by atoms with Gasteiger partial charge in [0.2, 0.25) is 5.95 Å². The molecule has 9 rings (SSSR count). The molecule has 43 heavy (non-hydrogen) atoms. The third-order valence-corrected chi connectivity index (χ3v) is 9.98. The highest BCUT2D eigenvalue weighted by atomic mass is 15.2. The lowest BCUT2D eigenvalue weighted by molar-refractivity contribution is 0.632. The van der Waals surface area contributed by atoms with Crippen LogP contribution in [-0.2, 0) is 10.8 Å². The van der Waals surface area contributed by atoms with Crippen molar-refractivity contribution in [3.63, 3.8) is 0 Å². The zero-order valence-corrected chi connectivity index (χ0v) is 24.8. The van der Waals surface area contributed by atoms with Gasteiger partial charge in [0, 0.05) is 32.7 Å². The van der Waals surface area contributed by atoms with Crippen LogP contribution in [0.3, 0.4) is 0 Å². The molecule has 0 atom stereocenters. The van der Waals surface area contributed by atoms with Gasteiger partial charge in [0.15, 0.2) is 0 Å². The van der Waals surface area contributed by atoms with Crippen LogP contribution in [0.4, 0.5) is 0 Å². The van der Waals surface area contributed by atoms with Crippen LogP contribution in [0.1, 0.15) is 50.1 Å². The van der Waals surface area contributed by atoms with Crippen LogP contribution in [0, 0.1) is 0 Å². The van der Waals surface area contributed by atoms with E-state index >= 15 is 0 Å². The van der Waals surface area contributed by atoms with Gasteiger partial charge in [0.25, 0.3) is 0 Å². The van der Waals surface area contributed by atoms with Crippen LogP contribution in [0.5, 0.6) is 0 Å². The summed E-state index contributed by atoms with van der Waals surface area (Å²) >= 11 is 0. The van der Waals surface area contributed by atoms with Gasteiger partial charge in [-0.1, -0.05) is 125 Å². The molecule has 0 fully saturated rings. The number of aromatic nitrogens is 3. The summed E-state index contributed by atoms with van der Waals surface area (Å²) in [7, 11) is 0. The first-order valence-corrected chi connectivity index (χ1v) is 15.1. The number of nitrogens with zero attached hydrogens (tertiary/aromatic N) is 3. The standard InChI is InChI=1S/C40H31N3/c1-39(2)30-19-11-8-16-25(30)28-23-34-29(22-32(28)39)26-17-10-13-21-33(26)43(34)38-41-36(24-14-6-5-7-15-24)35-27-18-9-12-20-31(27)40(3,4)37(35)42-38/h5-23H,1-4H3. The molecule has 0 saturated carbocycles. The van der Waals surface area contributed by atoms with Crippen molar-refractivity contribution in [3.8, 4) is 39.5 Å². The van der Waals surface area contributed by atoms with Gasteiger partial charge in [-0.15, -0.1) is 0 Å². The quantitative estimate of drug-likeness (QED) is 0.213. The Hall–Kier alpha value is -5.02. The molecule has 0 spiro atoms. The molecule has 0 amide bonds. The molecular weight excluding hydrogens is 522 g/mol. The van der Waals surface area contributed by atoms with E-state index in [0.29, 0.717) is 0 Å². The Balaban J connectivity index is 1.41. The van der Waals surface area contributed by atoms with Crippen LogP contribution in [-0.4, -0.2) is 14.5 Å². The highest BCUT2D eigenvalue weighted by Crippen LogP contribution is 2.53. The molecule has 3 nitrogen and oxygen atoms in total. The summed E-state index contributed by atoms with van der Waals surface area (Å²) in [6.45, 7) is 9.28. The van der Waals surface area contributed by atoms with Crippen LogP contribution < -0.4 is 0 Å². The number of hydrogen-bond donors (Lipinski definition) is 0. The highest BCUT2D eigenvalue weighted by Gasteiger charge is 2.40. The fourth-order valence-electron chi connectivity index (χ4n) is 7.81. The van der Waals surface area contributed by atoms with Crippen LogP contribution in [0.25, 0.3) is 61.3 Å².